The maximum atomic E-state index is 14.0. The highest BCUT2D eigenvalue weighted by molar-refractivity contribution is 9.10. The van der Waals surface area contributed by atoms with Crippen LogP contribution in [0.2, 0.25) is 0 Å². The fourth-order valence-electron chi connectivity index (χ4n) is 2.20. The van der Waals surface area contributed by atoms with Crippen molar-refractivity contribution in [3.05, 3.63) is 64.4 Å². The van der Waals surface area contributed by atoms with Crippen LogP contribution in [0, 0.1) is 5.82 Å². The topological polar surface area (TPSA) is 50.2 Å². The molecule has 0 amide bonds. The van der Waals surface area contributed by atoms with Gasteiger partial charge in [-0.3, -0.25) is 0 Å². The summed E-state index contributed by atoms with van der Waals surface area (Å²) in [6, 6.07) is 13.0. The summed E-state index contributed by atoms with van der Waals surface area (Å²) in [4.78, 5) is 15.7. The Kier molecular flexibility index (Phi) is 3.43. The zero-order chi connectivity index (χ0) is 15.0. The van der Waals surface area contributed by atoms with E-state index in [1.54, 1.807) is 12.1 Å². The molecule has 0 saturated carbocycles. The van der Waals surface area contributed by atoms with Crippen molar-refractivity contribution in [1.82, 2.24) is 4.98 Å². The van der Waals surface area contributed by atoms with Crippen molar-refractivity contribution in [3.63, 3.8) is 0 Å². The highest BCUT2D eigenvalue weighted by atomic mass is 79.9. The molecule has 3 rings (SSSR count). The molecule has 0 fully saturated rings. The van der Waals surface area contributed by atoms with E-state index in [2.05, 4.69) is 20.9 Å². The average molecular weight is 346 g/mol. The molecule has 0 radical (unpaired) electrons. The van der Waals surface area contributed by atoms with E-state index in [1.807, 2.05) is 18.2 Å². The van der Waals surface area contributed by atoms with Crippen molar-refractivity contribution in [2.24, 2.45) is 0 Å². The summed E-state index contributed by atoms with van der Waals surface area (Å²) in [7, 11) is 0. The largest absolute Gasteiger partial charge is 0.478 e. The second-order valence-electron chi connectivity index (χ2n) is 4.48. The number of fused-ring (bicyclic) bond motifs is 1. The first-order valence-corrected chi connectivity index (χ1v) is 6.94. The lowest BCUT2D eigenvalue weighted by atomic mass is 10.0. The number of halogens is 2. The number of hydrogen-bond acceptors (Lipinski definition) is 2. The van der Waals surface area contributed by atoms with E-state index in [9.17, 15) is 14.3 Å². The molecular weight excluding hydrogens is 337 g/mol. The van der Waals surface area contributed by atoms with Crippen LogP contribution in [0.25, 0.3) is 22.2 Å². The zero-order valence-corrected chi connectivity index (χ0v) is 12.3. The molecule has 5 heteroatoms. The highest BCUT2D eigenvalue weighted by Crippen LogP contribution is 2.30. The van der Waals surface area contributed by atoms with E-state index >= 15 is 0 Å². The number of para-hydroxylation sites is 1. The van der Waals surface area contributed by atoms with Gasteiger partial charge in [-0.1, -0.05) is 46.3 Å². The average Bonchev–Trinajstić information content (AvgIpc) is 2.47. The normalized spacial score (nSPS) is 10.8. The van der Waals surface area contributed by atoms with Crippen LogP contribution < -0.4 is 0 Å². The van der Waals surface area contributed by atoms with E-state index in [0.29, 0.717) is 16.6 Å². The van der Waals surface area contributed by atoms with Gasteiger partial charge in [0.25, 0.3) is 0 Å². The molecular formula is C16H9BrFNO2. The van der Waals surface area contributed by atoms with Gasteiger partial charge in [0, 0.05) is 15.4 Å². The molecule has 0 saturated heterocycles. The van der Waals surface area contributed by atoms with Gasteiger partial charge in [-0.2, -0.15) is 0 Å². The third kappa shape index (κ3) is 2.40. The molecule has 0 aliphatic rings. The van der Waals surface area contributed by atoms with Crippen molar-refractivity contribution in [2.45, 2.75) is 0 Å². The van der Waals surface area contributed by atoms with Crippen molar-refractivity contribution < 1.29 is 14.3 Å². The van der Waals surface area contributed by atoms with E-state index in [1.165, 1.54) is 18.2 Å². The van der Waals surface area contributed by atoms with Crippen LogP contribution in [-0.4, -0.2) is 16.1 Å². The summed E-state index contributed by atoms with van der Waals surface area (Å²) in [6.45, 7) is 0. The SMILES string of the molecule is O=C(O)c1cc(-c2ccccc2Br)nc2c(F)cccc12. The van der Waals surface area contributed by atoms with E-state index in [4.69, 9.17) is 0 Å². The summed E-state index contributed by atoms with van der Waals surface area (Å²) in [5.74, 6) is -1.65. The third-order valence-electron chi connectivity index (χ3n) is 3.17. The van der Waals surface area contributed by atoms with Gasteiger partial charge >= 0.3 is 5.97 Å². The first kappa shape index (κ1) is 13.7. The summed E-state index contributed by atoms with van der Waals surface area (Å²) in [6.07, 6.45) is 0. The molecule has 1 heterocycles. The Balaban J connectivity index is 2.38. The lowest BCUT2D eigenvalue weighted by Crippen LogP contribution is -2.01. The van der Waals surface area contributed by atoms with Gasteiger partial charge in [0.15, 0.2) is 0 Å². The molecule has 21 heavy (non-hydrogen) atoms. The second kappa shape index (κ2) is 5.26. The van der Waals surface area contributed by atoms with Gasteiger partial charge in [-0.05, 0) is 18.2 Å². The van der Waals surface area contributed by atoms with Crippen molar-refractivity contribution in [1.29, 1.82) is 0 Å². The molecule has 1 aromatic heterocycles. The van der Waals surface area contributed by atoms with Crippen molar-refractivity contribution in [3.8, 4) is 11.3 Å². The maximum Gasteiger partial charge on any atom is 0.336 e. The smallest absolute Gasteiger partial charge is 0.336 e. The molecule has 0 bridgehead atoms. The quantitative estimate of drug-likeness (QED) is 0.743. The van der Waals surface area contributed by atoms with Gasteiger partial charge in [0.05, 0.1) is 11.3 Å². The monoisotopic (exact) mass is 345 g/mol. The predicted molar refractivity (Wildman–Crippen MR) is 81.8 cm³/mol. The summed E-state index contributed by atoms with van der Waals surface area (Å²) >= 11 is 3.40. The summed E-state index contributed by atoms with van der Waals surface area (Å²) in [5, 5.41) is 9.64. The molecule has 2 aromatic carbocycles. The third-order valence-corrected chi connectivity index (χ3v) is 3.86. The minimum atomic E-state index is -1.11. The maximum absolute atomic E-state index is 14.0. The van der Waals surface area contributed by atoms with Gasteiger partial charge in [-0.15, -0.1) is 0 Å². The minimum Gasteiger partial charge on any atom is -0.478 e. The summed E-state index contributed by atoms with van der Waals surface area (Å²) in [5.41, 5.74) is 1.22. The highest BCUT2D eigenvalue weighted by Gasteiger charge is 2.16. The molecule has 0 spiro atoms. The number of aromatic nitrogens is 1. The Morgan fingerprint density at radius 3 is 2.62 bits per heavy atom. The van der Waals surface area contributed by atoms with Gasteiger partial charge in [-0.25, -0.2) is 14.2 Å². The Morgan fingerprint density at radius 1 is 1.14 bits per heavy atom. The molecule has 0 aliphatic carbocycles. The predicted octanol–water partition coefficient (Wildman–Crippen LogP) is 4.50. The van der Waals surface area contributed by atoms with Crippen LogP contribution in [0.15, 0.2) is 53.0 Å². The molecule has 0 aliphatic heterocycles. The van der Waals surface area contributed by atoms with Crippen LogP contribution in [0.5, 0.6) is 0 Å². The summed E-state index contributed by atoms with van der Waals surface area (Å²) < 4.78 is 14.7. The van der Waals surface area contributed by atoms with Crippen LogP contribution in [0.4, 0.5) is 4.39 Å². The van der Waals surface area contributed by atoms with Gasteiger partial charge in [0.2, 0.25) is 0 Å². The first-order chi connectivity index (χ1) is 10.1. The number of carboxylic acid groups (broad SMARTS) is 1. The number of aromatic carboxylic acids is 1. The van der Waals surface area contributed by atoms with Crippen molar-refractivity contribution >= 4 is 32.8 Å². The Morgan fingerprint density at radius 2 is 1.90 bits per heavy atom. The molecule has 104 valence electrons. The number of benzene rings is 2. The minimum absolute atomic E-state index is 0.0326. The first-order valence-electron chi connectivity index (χ1n) is 6.15. The lowest BCUT2D eigenvalue weighted by molar-refractivity contribution is 0.0699. The number of carboxylic acids is 1. The number of hydrogen-bond donors (Lipinski definition) is 1. The number of rotatable bonds is 2. The number of pyridine rings is 1. The molecule has 0 unspecified atom stereocenters. The molecule has 3 nitrogen and oxygen atoms in total. The standard InChI is InChI=1S/C16H9BrFNO2/c17-12-6-2-1-4-10(12)14-8-11(16(20)21)9-5-3-7-13(18)15(9)19-14/h1-8H,(H,20,21). The van der Waals surface area contributed by atoms with Crippen LogP contribution in [0.1, 0.15) is 10.4 Å². The Labute approximate surface area is 128 Å². The van der Waals surface area contributed by atoms with Crippen molar-refractivity contribution in [2.75, 3.05) is 0 Å². The fraction of sp³-hybridized carbons (Fsp3) is 0. The van der Waals surface area contributed by atoms with E-state index < -0.39 is 11.8 Å². The van der Waals surface area contributed by atoms with E-state index in [0.717, 1.165) is 4.47 Å². The Hall–Kier alpha value is -2.27. The molecule has 1 N–H and O–H groups in total. The Bertz CT molecular complexity index is 864. The second-order valence-corrected chi connectivity index (χ2v) is 5.33. The van der Waals surface area contributed by atoms with Crippen LogP contribution in [-0.2, 0) is 0 Å². The van der Waals surface area contributed by atoms with E-state index in [-0.39, 0.29) is 11.1 Å². The lowest BCUT2D eigenvalue weighted by Gasteiger charge is -2.09. The molecule has 3 aromatic rings. The fourth-order valence-corrected chi connectivity index (χ4v) is 2.69. The molecule has 0 atom stereocenters. The van der Waals surface area contributed by atoms with Crippen LogP contribution in [0.3, 0.4) is 0 Å². The number of nitrogens with zero attached hydrogens (tertiary/aromatic N) is 1. The number of carbonyl (C=O) groups is 1. The zero-order valence-electron chi connectivity index (χ0n) is 10.7. The van der Waals surface area contributed by atoms with Crippen LogP contribution >= 0.6 is 15.9 Å². The van der Waals surface area contributed by atoms with Gasteiger partial charge in [0.1, 0.15) is 11.3 Å². The van der Waals surface area contributed by atoms with Gasteiger partial charge < -0.3 is 5.11 Å².